The second-order valence-electron chi connectivity index (χ2n) is 10.1. The largest absolute Gasteiger partial charge is 0.457 e. The average molecular weight is 554 g/mol. The number of amides is 2. The van der Waals surface area contributed by atoms with Gasteiger partial charge in [-0.1, -0.05) is 27.7 Å². The van der Waals surface area contributed by atoms with E-state index in [4.69, 9.17) is 4.74 Å². The first-order valence-electron chi connectivity index (χ1n) is 12.0. The summed E-state index contributed by atoms with van der Waals surface area (Å²) in [7, 11) is 0. The van der Waals surface area contributed by atoms with E-state index in [2.05, 4.69) is 0 Å². The number of alkyl halides is 6. The molecule has 0 aromatic heterocycles. The van der Waals surface area contributed by atoms with Gasteiger partial charge >= 0.3 is 18.3 Å². The van der Waals surface area contributed by atoms with Gasteiger partial charge in [-0.3, -0.25) is 24.1 Å². The Morgan fingerprint density at radius 3 is 1.87 bits per heavy atom. The molecule has 1 rings (SSSR count). The fourth-order valence-corrected chi connectivity index (χ4v) is 3.71. The minimum atomic E-state index is -4.60. The van der Waals surface area contributed by atoms with E-state index in [1.807, 2.05) is 0 Å². The SMILES string of the molecule is CCC(CC(C)(C)C(=O)N(C(=O)c1ccc(C(F)(F)F)cc1)C(C)C)C(=O)OCC(=O)CC(C)C(F)(F)F. The molecular formula is C26H33F6NO5. The maximum absolute atomic E-state index is 13.4. The Kier molecular flexibility index (Phi) is 11.1. The summed E-state index contributed by atoms with van der Waals surface area (Å²) in [5.41, 5.74) is -2.40. The van der Waals surface area contributed by atoms with Gasteiger partial charge in [0.25, 0.3) is 5.91 Å². The molecule has 0 saturated carbocycles. The Hall–Kier alpha value is -2.92. The van der Waals surface area contributed by atoms with Crippen molar-refractivity contribution in [2.75, 3.05) is 6.61 Å². The smallest absolute Gasteiger partial charge is 0.416 e. The molecule has 2 unspecified atom stereocenters. The number of esters is 1. The van der Waals surface area contributed by atoms with Gasteiger partial charge in [-0.15, -0.1) is 0 Å². The molecule has 0 radical (unpaired) electrons. The second-order valence-corrected chi connectivity index (χ2v) is 10.1. The van der Waals surface area contributed by atoms with Crippen LogP contribution in [0.25, 0.3) is 0 Å². The van der Waals surface area contributed by atoms with Crippen LogP contribution in [-0.4, -0.2) is 47.3 Å². The fraction of sp³-hybridized carbons (Fsp3) is 0.615. The van der Waals surface area contributed by atoms with Gasteiger partial charge in [0.05, 0.1) is 17.4 Å². The van der Waals surface area contributed by atoms with Crippen LogP contribution in [-0.2, 0) is 25.3 Å². The van der Waals surface area contributed by atoms with Crippen LogP contribution in [0.2, 0.25) is 0 Å². The molecule has 2 amide bonds. The van der Waals surface area contributed by atoms with E-state index in [9.17, 15) is 45.5 Å². The lowest BCUT2D eigenvalue weighted by atomic mass is 9.80. The summed E-state index contributed by atoms with van der Waals surface area (Å²) in [6.45, 7) is 7.69. The zero-order valence-electron chi connectivity index (χ0n) is 22.1. The van der Waals surface area contributed by atoms with Crippen molar-refractivity contribution in [2.45, 2.75) is 79.2 Å². The number of hydrogen-bond acceptors (Lipinski definition) is 5. The number of carbonyl (C=O) groups is 4. The average Bonchev–Trinajstić information content (AvgIpc) is 2.79. The van der Waals surface area contributed by atoms with Gasteiger partial charge in [0.15, 0.2) is 5.78 Å². The maximum atomic E-state index is 13.4. The number of hydrogen-bond donors (Lipinski definition) is 0. The Morgan fingerprint density at radius 1 is 0.921 bits per heavy atom. The molecule has 12 heteroatoms. The van der Waals surface area contributed by atoms with Crippen LogP contribution < -0.4 is 0 Å². The van der Waals surface area contributed by atoms with E-state index in [1.54, 1.807) is 20.8 Å². The molecule has 0 saturated heterocycles. The van der Waals surface area contributed by atoms with Gasteiger partial charge in [-0.05, 0) is 51.0 Å². The van der Waals surface area contributed by atoms with E-state index in [1.165, 1.54) is 13.8 Å². The van der Waals surface area contributed by atoms with Gasteiger partial charge in [-0.25, -0.2) is 0 Å². The first-order chi connectivity index (χ1) is 17.2. The molecule has 214 valence electrons. The molecule has 38 heavy (non-hydrogen) atoms. The van der Waals surface area contributed by atoms with Crippen molar-refractivity contribution in [1.82, 2.24) is 4.90 Å². The van der Waals surface area contributed by atoms with Gasteiger partial charge in [0.1, 0.15) is 6.61 Å². The number of ether oxygens (including phenoxy) is 1. The molecule has 1 aromatic rings. The quantitative estimate of drug-likeness (QED) is 0.240. The van der Waals surface area contributed by atoms with Crippen LogP contribution in [0.1, 0.15) is 76.7 Å². The highest BCUT2D eigenvalue weighted by molar-refractivity contribution is 6.06. The van der Waals surface area contributed by atoms with Crippen LogP contribution in [0.4, 0.5) is 26.3 Å². The lowest BCUT2D eigenvalue weighted by Gasteiger charge is -2.34. The minimum Gasteiger partial charge on any atom is -0.457 e. The molecule has 0 aliphatic carbocycles. The number of rotatable bonds is 11. The van der Waals surface area contributed by atoms with Crippen molar-refractivity contribution >= 4 is 23.6 Å². The van der Waals surface area contributed by atoms with E-state index in [-0.39, 0.29) is 18.4 Å². The minimum absolute atomic E-state index is 0.113. The predicted octanol–water partition coefficient (Wildman–Crippen LogP) is 6.23. The standard InChI is InChI=1S/C26H33F6NO5/c1-7-17(22(36)38-14-20(34)12-16(4)25(27,28)29)13-24(5,6)23(37)33(15(2)3)21(35)18-8-10-19(11-9-18)26(30,31)32/h8-11,15-17H,7,12-14H2,1-6H3. The first-order valence-corrected chi connectivity index (χ1v) is 12.0. The highest BCUT2D eigenvalue weighted by Crippen LogP contribution is 2.33. The number of carbonyl (C=O) groups excluding carboxylic acids is 4. The summed E-state index contributed by atoms with van der Waals surface area (Å²) in [4.78, 5) is 51.8. The summed E-state index contributed by atoms with van der Waals surface area (Å²) >= 11 is 0. The van der Waals surface area contributed by atoms with Crippen molar-refractivity contribution in [3.8, 4) is 0 Å². The number of halogens is 6. The molecule has 0 heterocycles. The molecular weight excluding hydrogens is 520 g/mol. The fourth-order valence-electron chi connectivity index (χ4n) is 3.71. The Morgan fingerprint density at radius 2 is 1.45 bits per heavy atom. The highest BCUT2D eigenvalue weighted by atomic mass is 19.4. The third kappa shape index (κ3) is 9.13. The predicted molar refractivity (Wildman–Crippen MR) is 126 cm³/mol. The normalized spacial score (nSPS) is 14.1. The highest BCUT2D eigenvalue weighted by Gasteiger charge is 2.41. The van der Waals surface area contributed by atoms with Crippen LogP contribution in [0.15, 0.2) is 24.3 Å². The Bertz CT molecular complexity index is 999. The van der Waals surface area contributed by atoms with Crippen LogP contribution in [0.3, 0.4) is 0 Å². The van der Waals surface area contributed by atoms with E-state index in [0.717, 1.165) is 36.1 Å². The van der Waals surface area contributed by atoms with Crippen molar-refractivity contribution in [3.05, 3.63) is 35.4 Å². The lowest BCUT2D eigenvalue weighted by Crippen LogP contribution is -2.49. The van der Waals surface area contributed by atoms with Gasteiger partial charge < -0.3 is 4.74 Å². The molecule has 0 aliphatic heterocycles. The topological polar surface area (TPSA) is 80.8 Å². The summed E-state index contributed by atoms with van der Waals surface area (Å²) in [6.07, 6.45) is -9.93. The second kappa shape index (κ2) is 12.8. The summed E-state index contributed by atoms with van der Waals surface area (Å²) in [6, 6.07) is 2.76. The summed E-state index contributed by atoms with van der Waals surface area (Å²) < 4.78 is 81.4. The zero-order valence-corrected chi connectivity index (χ0v) is 22.1. The van der Waals surface area contributed by atoms with Crippen LogP contribution >= 0.6 is 0 Å². The number of ketones is 1. The van der Waals surface area contributed by atoms with Crippen molar-refractivity contribution in [3.63, 3.8) is 0 Å². The van der Waals surface area contributed by atoms with Crippen molar-refractivity contribution in [1.29, 1.82) is 0 Å². The van der Waals surface area contributed by atoms with Gasteiger partial charge in [0.2, 0.25) is 5.91 Å². The number of Topliss-reactive ketones (excluding diaryl/α,β-unsaturated/α-hetero) is 1. The van der Waals surface area contributed by atoms with Crippen LogP contribution in [0, 0.1) is 17.3 Å². The monoisotopic (exact) mass is 553 g/mol. The Labute approximate surface area is 217 Å². The molecule has 6 nitrogen and oxygen atoms in total. The molecule has 0 fully saturated rings. The van der Waals surface area contributed by atoms with E-state index < -0.39 is 77.8 Å². The molecule has 0 N–H and O–H groups in total. The Balaban J connectivity index is 2.97. The van der Waals surface area contributed by atoms with E-state index >= 15 is 0 Å². The van der Waals surface area contributed by atoms with Crippen molar-refractivity contribution < 1.29 is 50.3 Å². The lowest BCUT2D eigenvalue weighted by molar-refractivity contribution is -0.175. The van der Waals surface area contributed by atoms with Gasteiger partial charge in [-0.2, -0.15) is 26.3 Å². The van der Waals surface area contributed by atoms with Gasteiger partial charge in [0, 0.05) is 23.4 Å². The molecule has 1 aromatic carbocycles. The summed E-state index contributed by atoms with van der Waals surface area (Å²) in [5, 5.41) is 0. The number of nitrogens with zero attached hydrogens (tertiary/aromatic N) is 1. The van der Waals surface area contributed by atoms with E-state index in [0.29, 0.717) is 0 Å². The third-order valence-corrected chi connectivity index (χ3v) is 6.04. The van der Waals surface area contributed by atoms with Crippen LogP contribution in [0.5, 0.6) is 0 Å². The molecule has 0 spiro atoms. The maximum Gasteiger partial charge on any atom is 0.416 e. The first kappa shape index (κ1) is 33.1. The molecule has 2 atom stereocenters. The number of imide groups is 1. The number of benzene rings is 1. The molecule has 0 bridgehead atoms. The summed E-state index contributed by atoms with van der Waals surface area (Å²) in [5.74, 6) is -6.06. The zero-order chi connectivity index (χ0) is 29.6. The van der Waals surface area contributed by atoms with Crippen molar-refractivity contribution in [2.24, 2.45) is 17.3 Å². The molecule has 0 aliphatic rings. The third-order valence-electron chi connectivity index (χ3n) is 6.04.